The standard InChI is InChI=1S/C9H10BF3O2/c1-2-6-5-7(9(11,12)13)3-4-8(6)10(14)15/h3-5,14-15H,2H2,1H3/i1D3,2D2. The maximum absolute atomic E-state index is 12.6. The molecule has 2 N–H and O–H groups in total. The van der Waals surface area contributed by atoms with E-state index in [-0.39, 0.29) is 6.07 Å². The van der Waals surface area contributed by atoms with E-state index >= 15 is 0 Å². The molecule has 0 saturated carbocycles. The molecule has 82 valence electrons. The monoisotopic (exact) mass is 223 g/mol. The molecule has 2 nitrogen and oxygen atoms in total. The molecule has 0 aromatic heterocycles. The van der Waals surface area contributed by atoms with Gasteiger partial charge in [-0.15, -0.1) is 0 Å². The highest BCUT2D eigenvalue weighted by Gasteiger charge is 2.31. The van der Waals surface area contributed by atoms with Gasteiger partial charge in [-0.3, -0.25) is 0 Å². The van der Waals surface area contributed by atoms with Crippen LogP contribution in [0.4, 0.5) is 13.2 Å². The van der Waals surface area contributed by atoms with Crippen molar-refractivity contribution >= 4 is 12.6 Å². The minimum atomic E-state index is -4.81. The second-order valence-corrected chi connectivity index (χ2v) is 2.80. The van der Waals surface area contributed by atoms with Crippen molar-refractivity contribution in [1.82, 2.24) is 0 Å². The number of halogens is 3. The Morgan fingerprint density at radius 2 is 2.13 bits per heavy atom. The Bertz CT molecular complexity index is 501. The van der Waals surface area contributed by atoms with Gasteiger partial charge < -0.3 is 10.0 Å². The van der Waals surface area contributed by atoms with E-state index in [2.05, 4.69) is 0 Å². The molecule has 0 unspecified atom stereocenters. The normalized spacial score (nSPS) is 18.3. The van der Waals surface area contributed by atoms with Crippen molar-refractivity contribution in [2.24, 2.45) is 0 Å². The zero-order valence-corrected chi connectivity index (χ0v) is 7.34. The van der Waals surface area contributed by atoms with E-state index in [1.165, 1.54) is 0 Å². The van der Waals surface area contributed by atoms with Gasteiger partial charge in [-0.2, -0.15) is 13.2 Å². The first kappa shape index (κ1) is 6.55. The summed E-state index contributed by atoms with van der Waals surface area (Å²) in [5.41, 5.74) is -2.83. The lowest BCUT2D eigenvalue weighted by molar-refractivity contribution is -0.137. The highest BCUT2D eigenvalue weighted by Crippen LogP contribution is 2.29. The average molecular weight is 223 g/mol. The zero-order chi connectivity index (χ0) is 15.9. The van der Waals surface area contributed by atoms with Crippen LogP contribution in [-0.4, -0.2) is 17.2 Å². The molecule has 1 aromatic rings. The first-order valence-electron chi connectivity index (χ1n) is 6.36. The summed E-state index contributed by atoms with van der Waals surface area (Å²) in [6, 6.07) is 1.45. The van der Waals surface area contributed by atoms with Crippen LogP contribution in [0.15, 0.2) is 18.2 Å². The summed E-state index contributed by atoms with van der Waals surface area (Å²) in [6.45, 7) is -3.26. The Morgan fingerprint density at radius 1 is 1.47 bits per heavy atom. The Kier molecular flexibility index (Phi) is 1.85. The molecule has 6 heteroatoms. The lowest BCUT2D eigenvalue weighted by atomic mass is 9.76. The molecule has 0 atom stereocenters. The number of aryl methyl sites for hydroxylation is 1. The quantitative estimate of drug-likeness (QED) is 0.732. The summed E-state index contributed by atoms with van der Waals surface area (Å²) >= 11 is 0. The van der Waals surface area contributed by atoms with Gasteiger partial charge in [0.25, 0.3) is 0 Å². The van der Waals surface area contributed by atoms with E-state index in [9.17, 15) is 13.2 Å². The first-order valence-corrected chi connectivity index (χ1v) is 3.86. The Balaban J connectivity index is 3.57. The summed E-state index contributed by atoms with van der Waals surface area (Å²) in [6.07, 6.45) is -7.97. The van der Waals surface area contributed by atoms with Gasteiger partial charge in [0.2, 0.25) is 0 Å². The molecule has 15 heavy (non-hydrogen) atoms. The van der Waals surface area contributed by atoms with Crippen molar-refractivity contribution in [3.63, 3.8) is 0 Å². The molecule has 0 bridgehead atoms. The highest BCUT2D eigenvalue weighted by molar-refractivity contribution is 6.59. The second kappa shape index (κ2) is 4.24. The lowest BCUT2D eigenvalue weighted by Gasteiger charge is -2.11. The van der Waals surface area contributed by atoms with Crippen LogP contribution >= 0.6 is 0 Å². The fraction of sp³-hybridized carbons (Fsp3) is 0.333. The molecule has 0 heterocycles. The maximum atomic E-state index is 12.6. The molecule has 0 saturated heterocycles. The van der Waals surface area contributed by atoms with Gasteiger partial charge in [-0.05, 0) is 23.5 Å². The van der Waals surface area contributed by atoms with Crippen LogP contribution in [0.2, 0.25) is 0 Å². The molecular formula is C9H10BF3O2. The predicted molar refractivity (Wildman–Crippen MR) is 50.6 cm³/mol. The van der Waals surface area contributed by atoms with E-state index in [1.54, 1.807) is 0 Å². The van der Waals surface area contributed by atoms with Gasteiger partial charge in [-0.25, -0.2) is 0 Å². The molecular weight excluding hydrogens is 208 g/mol. The third kappa shape index (κ3) is 2.73. The van der Waals surface area contributed by atoms with Crippen LogP contribution < -0.4 is 5.46 Å². The van der Waals surface area contributed by atoms with Crippen molar-refractivity contribution in [3.8, 4) is 0 Å². The van der Waals surface area contributed by atoms with Crippen LogP contribution in [0, 0.1) is 0 Å². The molecule has 0 radical (unpaired) electrons. The predicted octanol–water partition coefficient (Wildman–Crippen LogP) is 0.948. The van der Waals surface area contributed by atoms with E-state index < -0.39 is 43.1 Å². The molecule has 0 aliphatic heterocycles. The summed E-state index contributed by atoms with van der Waals surface area (Å²) < 4.78 is 73.9. The summed E-state index contributed by atoms with van der Waals surface area (Å²) in [5.74, 6) is 0. The van der Waals surface area contributed by atoms with Gasteiger partial charge in [0.1, 0.15) is 0 Å². The zero-order valence-electron chi connectivity index (χ0n) is 12.3. The second-order valence-electron chi connectivity index (χ2n) is 2.80. The van der Waals surface area contributed by atoms with Gasteiger partial charge >= 0.3 is 13.3 Å². The van der Waals surface area contributed by atoms with Crippen LogP contribution in [0.1, 0.15) is 24.8 Å². The highest BCUT2D eigenvalue weighted by atomic mass is 19.4. The van der Waals surface area contributed by atoms with Gasteiger partial charge in [0.05, 0.1) is 5.56 Å². The first-order chi connectivity index (χ1) is 8.78. The molecule has 0 aliphatic carbocycles. The number of benzene rings is 1. The maximum Gasteiger partial charge on any atom is 0.488 e. The smallest absolute Gasteiger partial charge is 0.423 e. The van der Waals surface area contributed by atoms with E-state index in [0.29, 0.717) is 12.1 Å². The summed E-state index contributed by atoms with van der Waals surface area (Å²) in [4.78, 5) is 0. The SMILES string of the molecule is [2H]C([2H])([2H])C([2H])([2H])c1cc(C(F)(F)F)ccc1B(O)O. The largest absolute Gasteiger partial charge is 0.488 e. The third-order valence-corrected chi connectivity index (χ3v) is 1.79. The minimum absolute atomic E-state index is 0.279. The minimum Gasteiger partial charge on any atom is -0.423 e. The van der Waals surface area contributed by atoms with Gasteiger partial charge in [0, 0.05) is 6.85 Å². The van der Waals surface area contributed by atoms with Crippen LogP contribution in [-0.2, 0) is 12.5 Å². The fourth-order valence-corrected chi connectivity index (χ4v) is 1.07. The number of rotatable bonds is 2. The summed E-state index contributed by atoms with van der Waals surface area (Å²) in [7, 11) is -2.29. The van der Waals surface area contributed by atoms with E-state index in [4.69, 9.17) is 16.9 Å². The molecule has 1 aromatic carbocycles. The van der Waals surface area contributed by atoms with Crippen molar-refractivity contribution < 1.29 is 30.1 Å². The van der Waals surface area contributed by atoms with Crippen LogP contribution in [0.5, 0.6) is 0 Å². The molecule has 0 fully saturated rings. The molecule has 0 aliphatic rings. The number of hydrogen-bond acceptors (Lipinski definition) is 2. The summed E-state index contributed by atoms with van der Waals surface area (Å²) in [5, 5.41) is 18.1. The number of alkyl halides is 3. The Labute approximate surface area is 92.5 Å². The van der Waals surface area contributed by atoms with Crippen LogP contribution in [0.25, 0.3) is 0 Å². The third-order valence-electron chi connectivity index (χ3n) is 1.79. The van der Waals surface area contributed by atoms with E-state index in [0.717, 1.165) is 0 Å². The fourth-order valence-electron chi connectivity index (χ4n) is 1.07. The lowest BCUT2D eigenvalue weighted by Crippen LogP contribution is -2.33. The van der Waals surface area contributed by atoms with Crippen LogP contribution in [0.3, 0.4) is 0 Å². The van der Waals surface area contributed by atoms with E-state index in [1.807, 2.05) is 0 Å². The van der Waals surface area contributed by atoms with Crippen molar-refractivity contribution in [2.75, 3.05) is 0 Å². The van der Waals surface area contributed by atoms with Gasteiger partial charge in [-0.1, -0.05) is 19.0 Å². The van der Waals surface area contributed by atoms with Crippen molar-refractivity contribution in [2.45, 2.75) is 19.4 Å². The van der Waals surface area contributed by atoms with Gasteiger partial charge in [0.15, 0.2) is 0 Å². The topological polar surface area (TPSA) is 40.5 Å². The average Bonchev–Trinajstić information content (AvgIpc) is 2.25. The number of hydrogen-bond donors (Lipinski definition) is 2. The molecule has 1 rings (SSSR count). The Morgan fingerprint density at radius 3 is 2.60 bits per heavy atom. The van der Waals surface area contributed by atoms with Crippen molar-refractivity contribution in [3.05, 3.63) is 29.3 Å². The molecule has 0 amide bonds. The Hall–Kier alpha value is -1.01. The van der Waals surface area contributed by atoms with Crippen molar-refractivity contribution in [1.29, 1.82) is 0 Å². The molecule has 0 spiro atoms.